The van der Waals surface area contributed by atoms with E-state index < -0.39 is 0 Å². The first-order valence-electron chi connectivity index (χ1n) is 6.92. The molecule has 1 aromatic rings. The lowest BCUT2D eigenvalue weighted by molar-refractivity contribution is 0.215. The molecule has 1 aromatic heterocycles. The van der Waals surface area contributed by atoms with Crippen LogP contribution in [0.5, 0.6) is 0 Å². The van der Waals surface area contributed by atoms with Crippen LogP contribution in [0, 0.1) is 0 Å². The Bertz CT molecular complexity index is 476. The van der Waals surface area contributed by atoms with E-state index in [0.717, 1.165) is 18.7 Å². The Balaban J connectivity index is 2.02. The first-order chi connectivity index (χ1) is 9.61. The maximum Gasteiger partial charge on any atom is 0.189 e. The second-order valence-corrected chi connectivity index (χ2v) is 5.47. The van der Waals surface area contributed by atoms with Crippen molar-refractivity contribution in [1.29, 1.82) is 0 Å². The molecule has 1 aliphatic rings. The van der Waals surface area contributed by atoms with Crippen LogP contribution >= 0.6 is 0 Å². The summed E-state index contributed by atoms with van der Waals surface area (Å²) in [5.74, 6) is 0.0620. The van der Waals surface area contributed by atoms with Crippen LogP contribution in [0.15, 0.2) is 23.5 Å². The van der Waals surface area contributed by atoms with Gasteiger partial charge in [0.1, 0.15) is 5.69 Å². The van der Waals surface area contributed by atoms with Gasteiger partial charge in [-0.25, -0.2) is 0 Å². The van der Waals surface area contributed by atoms with Crippen molar-refractivity contribution in [2.24, 2.45) is 10.9 Å². The molecule has 6 heteroatoms. The van der Waals surface area contributed by atoms with Gasteiger partial charge in [-0.1, -0.05) is 11.2 Å². The van der Waals surface area contributed by atoms with Gasteiger partial charge in [-0.05, 0) is 45.1 Å². The van der Waals surface area contributed by atoms with Gasteiger partial charge in [0.05, 0.1) is 0 Å². The highest BCUT2D eigenvalue weighted by Crippen LogP contribution is 2.16. The Labute approximate surface area is 119 Å². The van der Waals surface area contributed by atoms with E-state index in [1.807, 2.05) is 12.1 Å². The van der Waals surface area contributed by atoms with E-state index in [2.05, 4.69) is 34.0 Å². The fraction of sp³-hybridized carbons (Fsp3) is 0.571. The highest BCUT2D eigenvalue weighted by molar-refractivity contribution is 5.96. The van der Waals surface area contributed by atoms with Gasteiger partial charge in [0, 0.05) is 25.3 Å². The maximum atomic E-state index is 8.81. The average Bonchev–Trinajstić information content (AvgIpc) is 2.84. The van der Waals surface area contributed by atoms with Gasteiger partial charge in [0.25, 0.3) is 0 Å². The van der Waals surface area contributed by atoms with Crippen molar-refractivity contribution in [3.63, 3.8) is 0 Å². The Morgan fingerprint density at radius 2 is 2.45 bits per heavy atom. The van der Waals surface area contributed by atoms with Gasteiger partial charge in [0.15, 0.2) is 5.84 Å². The molecule has 1 fully saturated rings. The molecule has 0 spiro atoms. The summed E-state index contributed by atoms with van der Waals surface area (Å²) in [7, 11) is 4.27. The van der Waals surface area contributed by atoms with E-state index in [-0.39, 0.29) is 5.84 Å². The Morgan fingerprint density at radius 3 is 3.10 bits per heavy atom. The summed E-state index contributed by atoms with van der Waals surface area (Å²) >= 11 is 0. The molecule has 1 unspecified atom stereocenters. The summed E-state index contributed by atoms with van der Waals surface area (Å²) < 4.78 is 0. The van der Waals surface area contributed by atoms with Crippen LogP contribution in [-0.4, -0.2) is 59.1 Å². The van der Waals surface area contributed by atoms with Crippen molar-refractivity contribution in [3.8, 4) is 0 Å². The number of likely N-dealkylation sites (tertiary alicyclic amines) is 1. The van der Waals surface area contributed by atoms with E-state index in [4.69, 9.17) is 10.9 Å². The van der Waals surface area contributed by atoms with Gasteiger partial charge >= 0.3 is 0 Å². The maximum absolute atomic E-state index is 8.81. The SMILES string of the molecule is CN(Cc1cccnc1C(N)=NO)CC1CCCN1C. The third kappa shape index (κ3) is 3.46. The van der Waals surface area contributed by atoms with E-state index in [1.54, 1.807) is 6.20 Å². The Morgan fingerprint density at radius 1 is 1.65 bits per heavy atom. The van der Waals surface area contributed by atoms with Gasteiger partial charge in [-0.3, -0.25) is 4.98 Å². The molecular weight excluding hydrogens is 254 g/mol. The van der Waals surface area contributed by atoms with Crippen LogP contribution in [0.4, 0.5) is 0 Å². The number of hydrogen-bond acceptors (Lipinski definition) is 5. The normalized spacial score (nSPS) is 20.8. The molecule has 2 heterocycles. The topological polar surface area (TPSA) is 78.0 Å². The molecular formula is C14H23N5O. The predicted octanol–water partition coefficient (Wildman–Crippen LogP) is 0.702. The molecule has 0 aromatic carbocycles. The molecule has 0 aliphatic carbocycles. The van der Waals surface area contributed by atoms with Crippen molar-refractivity contribution in [1.82, 2.24) is 14.8 Å². The summed E-state index contributed by atoms with van der Waals surface area (Å²) in [4.78, 5) is 8.86. The fourth-order valence-corrected chi connectivity index (χ4v) is 2.77. The lowest BCUT2D eigenvalue weighted by atomic mass is 10.1. The zero-order valence-electron chi connectivity index (χ0n) is 12.2. The smallest absolute Gasteiger partial charge is 0.189 e. The van der Waals surface area contributed by atoms with Gasteiger partial charge in [0.2, 0.25) is 0 Å². The minimum absolute atomic E-state index is 0.0620. The van der Waals surface area contributed by atoms with Crippen LogP contribution in [-0.2, 0) is 6.54 Å². The number of pyridine rings is 1. The lowest BCUT2D eigenvalue weighted by Crippen LogP contribution is -2.36. The van der Waals surface area contributed by atoms with Crippen molar-refractivity contribution in [2.45, 2.75) is 25.4 Å². The second kappa shape index (κ2) is 6.67. The number of likely N-dealkylation sites (N-methyl/N-ethyl adjacent to an activating group) is 2. The van der Waals surface area contributed by atoms with Crippen LogP contribution in [0.3, 0.4) is 0 Å². The van der Waals surface area contributed by atoms with Crippen molar-refractivity contribution in [2.75, 3.05) is 27.2 Å². The van der Waals surface area contributed by atoms with Crippen molar-refractivity contribution in [3.05, 3.63) is 29.6 Å². The van der Waals surface area contributed by atoms with Gasteiger partial charge < -0.3 is 20.7 Å². The number of nitrogens with zero attached hydrogens (tertiary/aromatic N) is 4. The molecule has 0 radical (unpaired) electrons. The number of amidine groups is 1. The third-order valence-corrected chi connectivity index (χ3v) is 3.88. The summed E-state index contributed by atoms with van der Waals surface area (Å²) in [6.07, 6.45) is 4.18. The quantitative estimate of drug-likeness (QED) is 0.358. The van der Waals surface area contributed by atoms with E-state index in [9.17, 15) is 0 Å². The molecule has 1 saturated heterocycles. The molecule has 110 valence electrons. The number of aromatic nitrogens is 1. The molecule has 20 heavy (non-hydrogen) atoms. The monoisotopic (exact) mass is 277 g/mol. The third-order valence-electron chi connectivity index (χ3n) is 3.88. The molecule has 1 aliphatic heterocycles. The summed E-state index contributed by atoms with van der Waals surface area (Å²) in [5.41, 5.74) is 7.20. The molecule has 0 amide bonds. The van der Waals surface area contributed by atoms with Gasteiger partial charge in [-0.2, -0.15) is 0 Å². The number of rotatable bonds is 5. The predicted molar refractivity (Wildman–Crippen MR) is 78.7 cm³/mol. The number of hydrogen-bond donors (Lipinski definition) is 2. The average molecular weight is 277 g/mol. The molecule has 0 bridgehead atoms. The number of oxime groups is 1. The van der Waals surface area contributed by atoms with Crippen molar-refractivity contribution >= 4 is 5.84 Å². The Kier molecular flexibility index (Phi) is 4.92. The zero-order chi connectivity index (χ0) is 14.5. The van der Waals surface area contributed by atoms with Crippen LogP contribution in [0.25, 0.3) is 0 Å². The molecule has 1 atom stereocenters. The highest BCUT2D eigenvalue weighted by Gasteiger charge is 2.22. The van der Waals surface area contributed by atoms with Crippen molar-refractivity contribution < 1.29 is 5.21 Å². The first kappa shape index (κ1) is 14.7. The van der Waals surface area contributed by atoms with E-state index >= 15 is 0 Å². The molecule has 2 rings (SSSR count). The van der Waals surface area contributed by atoms with Crippen LogP contribution in [0.1, 0.15) is 24.1 Å². The lowest BCUT2D eigenvalue weighted by Gasteiger charge is -2.26. The fourth-order valence-electron chi connectivity index (χ4n) is 2.77. The van der Waals surface area contributed by atoms with E-state index in [1.165, 1.54) is 19.4 Å². The first-order valence-corrected chi connectivity index (χ1v) is 6.92. The largest absolute Gasteiger partial charge is 0.409 e. The Hall–Kier alpha value is -1.66. The zero-order valence-corrected chi connectivity index (χ0v) is 12.2. The summed E-state index contributed by atoms with van der Waals surface area (Å²) in [5, 5.41) is 11.9. The van der Waals surface area contributed by atoms with E-state index in [0.29, 0.717) is 11.7 Å². The highest BCUT2D eigenvalue weighted by atomic mass is 16.4. The van der Waals surface area contributed by atoms with Gasteiger partial charge in [-0.15, -0.1) is 0 Å². The number of nitrogens with two attached hydrogens (primary N) is 1. The summed E-state index contributed by atoms with van der Waals surface area (Å²) in [6.45, 7) is 2.94. The molecule has 6 nitrogen and oxygen atoms in total. The minimum Gasteiger partial charge on any atom is -0.409 e. The molecule has 3 N–H and O–H groups in total. The van der Waals surface area contributed by atoms with Crippen LogP contribution < -0.4 is 5.73 Å². The molecule has 0 saturated carbocycles. The summed E-state index contributed by atoms with van der Waals surface area (Å²) in [6, 6.07) is 4.46. The minimum atomic E-state index is 0.0620. The second-order valence-electron chi connectivity index (χ2n) is 5.47. The van der Waals surface area contributed by atoms with Crippen LogP contribution in [0.2, 0.25) is 0 Å². The standard InChI is InChI=1S/C14H23N5O/c1-18(10-12-6-4-8-19(12)2)9-11-5-3-7-16-13(11)14(15)17-20/h3,5,7,12,20H,4,6,8-10H2,1-2H3,(H2,15,17).